The van der Waals surface area contributed by atoms with E-state index >= 15 is 0 Å². The summed E-state index contributed by atoms with van der Waals surface area (Å²) in [4.78, 5) is 4.85. The van der Waals surface area contributed by atoms with E-state index < -0.39 is 0 Å². The summed E-state index contributed by atoms with van der Waals surface area (Å²) in [6, 6.07) is 7.14. The van der Waals surface area contributed by atoms with Gasteiger partial charge in [-0.1, -0.05) is 17.7 Å². The van der Waals surface area contributed by atoms with Gasteiger partial charge < -0.3 is 15.0 Å². The van der Waals surface area contributed by atoms with Crippen LogP contribution < -0.4 is 10.1 Å². The van der Waals surface area contributed by atoms with E-state index in [1.807, 2.05) is 7.05 Å². The van der Waals surface area contributed by atoms with Crippen LogP contribution in [0.15, 0.2) is 18.2 Å². The Morgan fingerprint density at radius 2 is 2.05 bits per heavy atom. The quantitative estimate of drug-likeness (QED) is 0.903. The summed E-state index contributed by atoms with van der Waals surface area (Å²) >= 11 is 0. The highest BCUT2D eigenvalue weighted by Crippen LogP contribution is 2.31. The highest BCUT2D eigenvalue weighted by Gasteiger charge is 2.31. The van der Waals surface area contributed by atoms with Gasteiger partial charge in [-0.3, -0.25) is 4.90 Å². The molecule has 1 aromatic rings. The van der Waals surface area contributed by atoms with Gasteiger partial charge in [-0.25, -0.2) is 0 Å². The Labute approximate surface area is 122 Å². The van der Waals surface area contributed by atoms with E-state index in [9.17, 15) is 0 Å². The van der Waals surface area contributed by atoms with Crippen molar-refractivity contribution in [3.63, 3.8) is 0 Å². The topological polar surface area (TPSA) is 27.7 Å². The SMILES string of the molecule is CNC(c1cc(C)ccc1OC)C1CN(C)CCN1C. The van der Waals surface area contributed by atoms with Gasteiger partial charge in [-0.2, -0.15) is 0 Å². The maximum absolute atomic E-state index is 5.56. The van der Waals surface area contributed by atoms with Crippen molar-refractivity contribution in [3.05, 3.63) is 29.3 Å². The van der Waals surface area contributed by atoms with E-state index in [0.717, 1.165) is 25.4 Å². The van der Waals surface area contributed by atoms with Crippen LogP contribution >= 0.6 is 0 Å². The van der Waals surface area contributed by atoms with Crippen molar-refractivity contribution in [2.45, 2.75) is 19.0 Å². The van der Waals surface area contributed by atoms with Gasteiger partial charge in [-0.15, -0.1) is 0 Å². The van der Waals surface area contributed by atoms with Gasteiger partial charge in [0.25, 0.3) is 0 Å². The monoisotopic (exact) mass is 277 g/mol. The summed E-state index contributed by atoms with van der Waals surface area (Å²) < 4.78 is 5.56. The minimum Gasteiger partial charge on any atom is -0.496 e. The zero-order valence-corrected chi connectivity index (χ0v) is 13.3. The van der Waals surface area contributed by atoms with Crippen molar-refractivity contribution in [1.82, 2.24) is 15.1 Å². The largest absolute Gasteiger partial charge is 0.496 e. The Kier molecular flexibility index (Phi) is 5.02. The summed E-state index contributed by atoms with van der Waals surface area (Å²) in [5.74, 6) is 0.969. The van der Waals surface area contributed by atoms with Gasteiger partial charge in [0.05, 0.1) is 13.2 Å². The maximum Gasteiger partial charge on any atom is 0.123 e. The third-order valence-corrected chi connectivity index (χ3v) is 4.32. The highest BCUT2D eigenvalue weighted by molar-refractivity contribution is 5.40. The van der Waals surface area contributed by atoms with Crippen LogP contribution in [-0.4, -0.2) is 63.7 Å². The standard InChI is InChI=1S/C16H27N3O/c1-12-6-7-15(20-5)13(10-12)16(17-2)14-11-18(3)8-9-19(14)4/h6-7,10,14,16-17H,8-9,11H2,1-5H3. The maximum atomic E-state index is 5.56. The second kappa shape index (κ2) is 6.57. The minimum absolute atomic E-state index is 0.276. The molecule has 4 nitrogen and oxygen atoms in total. The number of hydrogen-bond donors (Lipinski definition) is 1. The molecule has 1 aliphatic rings. The second-order valence-electron chi connectivity index (χ2n) is 5.82. The lowest BCUT2D eigenvalue weighted by atomic mass is 9.94. The third-order valence-electron chi connectivity index (χ3n) is 4.32. The number of hydrogen-bond acceptors (Lipinski definition) is 4. The summed E-state index contributed by atoms with van der Waals surface area (Å²) in [5.41, 5.74) is 2.52. The van der Waals surface area contributed by atoms with E-state index in [2.05, 4.69) is 54.3 Å². The Hall–Kier alpha value is -1.10. The normalized spacial score (nSPS) is 22.8. The summed E-state index contributed by atoms with van der Waals surface area (Å²) in [6.07, 6.45) is 0. The van der Waals surface area contributed by atoms with Crippen molar-refractivity contribution in [3.8, 4) is 5.75 Å². The fourth-order valence-corrected chi connectivity index (χ4v) is 3.06. The van der Waals surface area contributed by atoms with Crippen molar-refractivity contribution >= 4 is 0 Å². The molecule has 1 heterocycles. The molecule has 0 bridgehead atoms. The Bertz CT molecular complexity index is 449. The van der Waals surface area contributed by atoms with Crippen LogP contribution in [0.4, 0.5) is 0 Å². The first-order valence-electron chi connectivity index (χ1n) is 7.27. The summed E-state index contributed by atoms with van der Waals surface area (Å²) in [6.45, 7) is 5.44. The lowest BCUT2D eigenvalue weighted by molar-refractivity contribution is 0.0890. The van der Waals surface area contributed by atoms with Gasteiger partial charge >= 0.3 is 0 Å². The minimum atomic E-state index is 0.276. The van der Waals surface area contributed by atoms with Gasteiger partial charge in [0, 0.05) is 31.2 Å². The van der Waals surface area contributed by atoms with E-state index in [4.69, 9.17) is 4.74 Å². The fraction of sp³-hybridized carbons (Fsp3) is 0.625. The highest BCUT2D eigenvalue weighted by atomic mass is 16.5. The van der Waals surface area contributed by atoms with Crippen LogP contribution in [0.5, 0.6) is 5.75 Å². The number of rotatable bonds is 4. The van der Waals surface area contributed by atoms with E-state index in [0.29, 0.717) is 6.04 Å². The zero-order chi connectivity index (χ0) is 14.7. The molecule has 0 radical (unpaired) electrons. The molecule has 0 aliphatic carbocycles. The van der Waals surface area contributed by atoms with E-state index in [1.165, 1.54) is 11.1 Å². The van der Waals surface area contributed by atoms with Crippen LogP contribution in [0.1, 0.15) is 17.2 Å². The zero-order valence-electron chi connectivity index (χ0n) is 13.3. The molecule has 2 rings (SSSR count). The van der Waals surface area contributed by atoms with Crippen LogP contribution in [0.3, 0.4) is 0 Å². The van der Waals surface area contributed by atoms with Gasteiger partial charge in [0.15, 0.2) is 0 Å². The molecule has 112 valence electrons. The molecule has 4 heteroatoms. The number of nitrogens with zero attached hydrogens (tertiary/aromatic N) is 2. The second-order valence-corrected chi connectivity index (χ2v) is 5.82. The Balaban J connectivity index is 2.33. The molecule has 1 aliphatic heterocycles. The van der Waals surface area contributed by atoms with Crippen LogP contribution in [-0.2, 0) is 0 Å². The van der Waals surface area contributed by atoms with Crippen molar-refractivity contribution in [2.75, 3.05) is 47.9 Å². The van der Waals surface area contributed by atoms with Gasteiger partial charge in [0.1, 0.15) is 5.75 Å². The Morgan fingerprint density at radius 1 is 1.30 bits per heavy atom. The van der Waals surface area contributed by atoms with E-state index in [1.54, 1.807) is 7.11 Å². The molecule has 0 amide bonds. The first kappa shape index (κ1) is 15.3. The molecule has 1 saturated heterocycles. The number of nitrogens with one attached hydrogen (secondary N) is 1. The lowest BCUT2D eigenvalue weighted by Crippen LogP contribution is -2.54. The molecule has 1 N–H and O–H groups in total. The van der Waals surface area contributed by atoms with Crippen molar-refractivity contribution in [2.24, 2.45) is 0 Å². The van der Waals surface area contributed by atoms with Gasteiger partial charge in [0.2, 0.25) is 0 Å². The van der Waals surface area contributed by atoms with Crippen LogP contribution in [0, 0.1) is 6.92 Å². The third kappa shape index (κ3) is 3.14. The van der Waals surface area contributed by atoms with Gasteiger partial charge in [-0.05, 0) is 34.1 Å². The average Bonchev–Trinajstić information content (AvgIpc) is 2.44. The first-order chi connectivity index (χ1) is 9.56. The molecule has 1 aromatic carbocycles. The number of methoxy groups -OCH3 is 1. The molecule has 1 fully saturated rings. The average molecular weight is 277 g/mol. The Morgan fingerprint density at radius 3 is 2.70 bits per heavy atom. The molecule has 20 heavy (non-hydrogen) atoms. The van der Waals surface area contributed by atoms with Crippen LogP contribution in [0.25, 0.3) is 0 Å². The molecule has 2 unspecified atom stereocenters. The van der Waals surface area contributed by atoms with E-state index in [-0.39, 0.29) is 6.04 Å². The number of likely N-dealkylation sites (N-methyl/N-ethyl adjacent to an activating group) is 3. The molecule has 0 spiro atoms. The number of ether oxygens (including phenoxy) is 1. The molecule has 0 saturated carbocycles. The van der Waals surface area contributed by atoms with Crippen LogP contribution in [0.2, 0.25) is 0 Å². The van der Waals surface area contributed by atoms with Crippen molar-refractivity contribution < 1.29 is 4.74 Å². The summed E-state index contributed by atoms with van der Waals surface area (Å²) in [5, 5.41) is 3.49. The predicted molar refractivity (Wildman–Crippen MR) is 83.4 cm³/mol. The fourth-order valence-electron chi connectivity index (χ4n) is 3.06. The number of piperazine rings is 1. The van der Waals surface area contributed by atoms with Crippen molar-refractivity contribution in [1.29, 1.82) is 0 Å². The predicted octanol–water partition coefficient (Wildman–Crippen LogP) is 1.51. The number of benzene rings is 1. The molecular weight excluding hydrogens is 250 g/mol. The molecule has 0 aromatic heterocycles. The first-order valence-corrected chi connectivity index (χ1v) is 7.27. The summed E-state index contributed by atoms with van der Waals surface area (Å²) in [7, 11) is 8.19. The molecule has 2 atom stereocenters. The number of aryl methyl sites for hydroxylation is 1. The smallest absolute Gasteiger partial charge is 0.123 e. The lowest BCUT2D eigenvalue weighted by Gasteiger charge is -2.42. The molecular formula is C16H27N3O.